The summed E-state index contributed by atoms with van der Waals surface area (Å²) >= 11 is 12.8. The molecule has 0 saturated heterocycles. The minimum absolute atomic E-state index is 0.0460. The maximum atomic E-state index is 10.3. The number of hydrogen-bond acceptors (Lipinski definition) is 3. The Labute approximate surface area is 144 Å². The second-order valence-corrected chi connectivity index (χ2v) is 6.85. The SMILES string of the molecule is Oc1ccc(C2Nc3c(Cl)ccc(Cl)c3C3C=CCC32)c(O)c1. The lowest BCUT2D eigenvalue weighted by molar-refractivity contribution is 0.398. The van der Waals surface area contributed by atoms with Gasteiger partial charge in [-0.3, -0.25) is 0 Å². The monoisotopic (exact) mass is 347 g/mol. The molecule has 0 amide bonds. The molecule has 23 heavy (non-hydrogen) atoms. The predicted octanol–water partition coefficient (Wildman–Crippen LogP) is 5.23. The molecule has 1 aliphatic carbocycles. The van der Waals surface area contributed by atoms with Gasteiger partial charge in [0.05, 0.1) is 16.8 Å². The van der Waals surface area contributed by atoms with Gasteiger partial charge in [-0.15, -0.1) is 0 Å². The molecule has 3 unspecified atom stereocenters. The molecular weight excluding hydrogens is 333 g/mol. The quantitative estimate of drug-likeness (QED) is 0.619. The molecule has 3 nitrogen and oxygen atoms in total. The van der Waals surface area contributed by atoms with Crippen molar-refractivity contribution in [3.8, 4) is 11.5 Å². The normalized spacial score (nSPS) is 24.9. The summed E-state index contributed by atoms with van der Waals surface area (Å²) in [6.07, 6.45) is 5.20. The van der Waals surface area contributed by atoms with Gasteiger partial charge in [0.15, 0.2) is 0 Å². The molecule has 2 aromatic carbocycles. The molecule has 2 aliphatic rings. The lowest BCUT2D eigenvalue weighted by Crippen LogP contribution is -2.29. The first kappa shape index (κ1) is 14.7. The van der Waals surface area contributed by atoms with E-state index in [0.29, 0.717) is 10.0 Å². The number of hydrogen-bond donors (Lipinski definition) is 3. The average Bonchev–Trinajstić information content (AvgIpc) is 3.00. The van der Waals surface area contributed by atoms with Gasteiger partial charge >= 0.3 is 0 Å². The molecule has 3 atom stereocenters. The van der Waals surface area contributed by atoms with Crippen molar-refractivity contribution in [2.24, 2.45) is 5.92 Å². The summed E-state index contributed by atoms with van der Waals surface area (Å²) in [5, 5.41) is 24.6. The number of rotatable bonds is 1. The van der Waals surface area contributed by atoms with Crippen LogP contribution in [0, 0.1) is 5.92 Å². The van der Waals surface area contributed by atoms with Crippen LogP contribution in [0.2, 0.25) is 10.0 Å². The molecule has 3 N–H and O–H groups in total. The Morgan fingerprint density at radius 1 is 1.04 bits per heavy atom. The molecule has 1 aliphatic heterocycles. The molecule has 0 bridgehead atoms. The van der Waals surface area contributed by atoms with Crippen LogP contribution in [0.15, 0.2) is 42.5 Å². The summed E-state index contributed by atoms with van der Waals surface area (Å²) in [6.45, 7) is 0. The molecule has 0 spiro atoms. The van der Waals surface area contributed by atoms with E-state index in [1.54, 1.807) is 18.2 Å². The summed E-state index contributed by atoms with van der Waals surface area (Å²) in [7, 11) is 0. The van der Waals surface area contributed by atoms with E-state index >= 15 is 0 Å². The van der Waals surface area contributed by atoms with E-state index in [1.807, 2.05) is 6.07 Å². The molecule has 5 heteroatoms. The first-order valence-electron chi connectivity index (χ1n) is 7.49. The van der Waals surface area contributed by atoms with Gasteiger partial charge in [0.2, 0.25) is 0 Å². The highest BCUT2D eigenvalue weighted by Gasteiger charge is 2.40. The summed E-state index contributed by atoms with van der Waals surface area (Å²) in [5.74, 6) is 0.531. The van der Waals surface area contributed by atoms with E-state index in [1.165, 1.54) is 6.07 Å². The molecule has 0 fully saturated rings. The minimum Gasteiger partial charge on any atom is -0.508 e. The second kappa shape index (κ2) is 5.36. The fourth-order valence-electron chi connectivity index (χ4n) is 3.73. The van der Waals surface area contributed by atoms with Crippen LogP contribution in [0.3, 0.4) is 0 Å². The third kappa shape index (κ3) is 2.27. The van der Waals surface area contributed by atoms with E-state index in [9.17, 15) is 10.2 Å². The number of fused-ring (bicyclic) bond motifs is 3. The lowest BCUT2D eigenvalue weighted by atomic mass is 9.77. The molecule has 2 aromatic rings. The highest BCUT2D eigenvalue weighted by Crippen LogP contribution is 2.54. The first-order chi connectivity index (χ1) is 11.1. The van der Waals surface area contributed by atoms with E-state index in [0.717, 1.165) is 23.2 Å². The molecule has 0 saturated carbocycles. The topological polar surface area (TPSA) is 52.5 Å². The number of aromatic hydroxyl groups is 2. The molecule has 1 heterocycles. The maximum Gasteiger partial charge on any atom is 0.124 e. The van der Waals surface area contributed by atoms with Gasteiger partial charge in [-0.2, -0.15) is 0 Å². The lowest BCUT2D eigenvalue weighted by Gasteiger charge is -2.38. The highest BCUT2D eigenvalue weighted by atomic mass is 35.5. The van der Waals surface area contributed by atoms with Crippen LogP contribution < -0.4 is 5.32 Å². The van der Waals surface area contributed by atoms with Crippen LogP contribution in [0.1, 0.15) is 29.5 Å². The Balaban J connectivity index is 1.86. The van der Waals surface area contributed by atoms with Gasteiger partial charge in [-0.05, 0) is 36.6 Å². The minimum atomic E-state index is -0.0981. The van der Waals surface area contributed by atoms with Crippen molar-refractivity contribution in [3.63, 3.8) is 0 Å². The van der Waals surface area contributed by atoms with Crippen molar-refractivity contribution >= 4 is 28.9 Å². The maximum absolute atomic E-state index is 10.3. The van der Waals surface area contributed by atoms with E-state index < -0.39 is 0 Å². The number of benzene rings is 2. The van der Waals surface area contributed by atoms with Gasteiger partial charge in [0.25, 0.3) is 0 Å². The van der Waals surface area contributed by atoms with Crippen molar-refractivity contribution in [1.82, 2.24) is 0 Å². The largest absolute Gasteiger partial charge is 0.508 e. The van der Waals surface area contributed by atoms with Crippen LogP contribution in [0.4, 0.5) is 5.69 Å². The average molecular weight is 348 g/mol. The van der Waals surface area contributed by atoms with Crippen LogP contribution in [-0.4, -0.2) is 10.2 Å². The van der Waals surface area contributed by atoms with E-state index in [-0.39, 0.29) is 29.4 Å². The third-order valence-electron chi connectivity index (χ3n) is 4.76. The zero-order chi connectivity index (χ0) is 16.1. The highest BCUT2D eigenvalue weighted by molar-refractivity contribution is 6.36. The number of nitrogens with one attached hydrogen (secondary N) is 1. The van der Waals surface area contributed by atoms with Crippen LogP contribution in [0.5, 0.6) is 11.5 Å². The van der Waals surface area contributed by atoms with Crippen molar-refractivity contribution in [1.29, 1.82) is 0 Å². The van der Waals surface area contributed by atoms with Crippen molar-refractivity contribution in [2.75, 3.05) is 5.32 Å². The molecular formula is C18H15Cl2NO2. The number of phenolic OH excluding ortho intramolecular Hbond substituents is 2. The summed E-state index contributed by atoms with van der Waals surface area (Å²) in [4.78, 5) is 0. The molecule has 0 aromatic heterocycles. The second-order valence-electron chi connectivity index (χ2n) is 6.04. The predicted molar refractivity (Wildman–Crippen MR) is 92.6 cm³/mol. The number of allylic oxidation sites excluding steroid dienone is 2. The van der Waals surface area contributed by atoms with Crippen LogP contribution in [-0.2, 0) is 0 Å². The Morgan fingerprint density at radius 2 is 1.83 bits per heavy atom. The van der Waals surface area contributed by atoms with Gasteiger partial charge in [-0.1, -0.05) is 35.4 Å². The third-order valence-corrected chi connectivity index (χ3v) is 5.41. The Kier molecular flexibility index (Phi) is 3.43. The Morgan fingerprint density at radius 3 is 2.61 bits per heavy atom. The standard InChI is InChI=1S/C18H15Cl2NO2/c19-13-6-7-14(20)18-16(13)10-2-1-3-11(10)17(21-18)12-5-4-9(22)8-15(12)23/h1-2,4-8,10-11,17,21-23H,3H2. The number of anilines is 1. The molecule has 4 rings (SSSR count). The fraction of sp³-hybridized carbons (Fsp3) is 0.222. The van der Waals surface area contributed by atoms with Crippen molar-refractivity contribution < 1.29 is 10.2 Å². The van der Waals surface area contributed by atoms with Gasteiger partial charge in [0.1, 0.15) is 11.5 Å². The van der Waals surface area contributed by atoms with Gasteiger partial charge in [-0.25, -0.2) is 0 Å². The van der Waals surface area contributed by atoms with Gasteiger partial charge < -0.3 is 15.5 Å². The smallest absolute Gasteiger partial charge is 0.124 e. The van der Waals surface area contributed by atoms with Crippen molar-refractivity contribution in [2.45, 2.75) is 18.4 Å². The van der Waals surface area contributed by atoms with Crippen LogP contribution >= 0.6 is 23.2 Å². The summed E-state index contributed by atoms with van der Waals surface area (Å²) < 4.78 is 0. The molecule has 118 valence electrons. The number of phenols is 2. The zero-order valence-electron chi connectivity index (χ0n) is 12.1. The van der Waals surface area contributed by atoms with Gasteiger partial charge in [0, 0.05) is 28.1 Å². The zero-order valence-corrected chi connectivity index (χ0v) is 13.6. The molecule has 0 radical (unpaired) electrons. The van der Waals surface area contributed by atoms with Crippen LogP contribution in [0.25, 0.3) is 0 Å². The van der Waals surface area contributed by atoms with E-state index in [2.05, 4.69) is 17.5 Å². The summed E-state index contributed by atoms with van der Waals surface area (Å²) in [5.41, 5.74) is 2.60. The fourth-order valence-corrected chi connectivity index (χ4v) is 4.23. The first-order valence-corrected chi connectivity index (χ1v) is 8.25. The van der Waals surface area contributed by atoms with Crippen molar-refractivity contribution in [3.05, 3.63) is 63.7 Å². The Hall–Kier alpha value is -1.84. The number of halogens is 2. The Bertz CT molecular complexity index is 819. The summed E-state index contributed by atoms with van der Waals surface area (Å²) in [6, 6.07) is 8.21. The van der Waals surface area contributed by atoms with E-state index in [4.69, 9.17) is 23.2 Å².